The summed E-state index contributed by atoms with van der Waals surface area (Å²) < 4.78 is 58.9. The number of nitro groups is 1. The number of nitrogens with zero attached hydrogens (tertiary/aromatic N) is 3. The van der Waals surface area contributed by atoms with Crippen LogP contribution < -0.4 is 15.1 Å². The fourth-order valence-electron chi connectivity index (χ4n) is 8.94. The Morgan fingerprint density at radius 2 is 1.57 bits per heavy atom. The number of phenolic OH excluding ortho intramolecular Hbond substituents is 1. The molecule has 0 aromatic heterocycles. The molecule has 0 bridgehead atoms. The summed E-state index contributed by atoms with van der Waals surface area (Å²) in [4.78, 5) is 69.9. The molecule has 2 saturated heterocycles. The molecule has 12 nitrogen and oxygen atoms in total. The van der Waals surface area contributed by atoms with E-state index in [0.29, 0.717) is 5.57 Å². The summed E-state index contributed by atoms with van der Waals surface area (Å²) in [5.41, 5.74) is 0.990. The van der Waals surface area contributed by atoms with E-state index < -0.39 is 87.2 Å². The molecule has 3 fully saturated rings. The molecule has 286 valence electrons. The SMILES string of the molecule is O=C1[C@@H]2C[C@@H]3C(=CC[C@@H]4C(=O)N(c5ccc([N+](=O)[O-])cc5)C(=O)[C@@H]43)[C@H](c3cc(OC(F)(F)F)ccc3O)[C@]2(c2ccc(Cl)cc2)C(=O)N1Nc1ccc(F)cc1. The van der Waals surface area contributed by atoms with Crippen molar-refractivity contribution >= 4 is 52.3 Å². The maximum Gasteiger partial charge on any atom is 0.573 e. The zero-order chi connectivity index (χ0) is 39.8. The van der Waals surface area contributed by atoms with Crippen LogP contribution in [0, 0.1) is 39.6 Å². The van der Waals surface area contributed by atoms with Crippen LogP contribution in [0.3, 0.4) is 0 Å². The molecule has 0 radical (unpaired) electrons. The Hall–Kier alpha value is -6.29. The molecule has 2 heterocycles. The Labute approximate surface area is 319 Å². The van der Waals surface area contributed by atoms with E-state index in [0.717, 1.165) is 52.4 Å². The standard InChI is InChI=1S/C39H27ClF4N4O8/c40-20-3-1-19(2-4-20)38-30(35(51)47(37(38)53)45-22-7-5-21(41)6-8-22)18-28-26(33(38)29-17-25(13-16-31(29)49)56-39(42,43)44)14-15-27-32(28)36(52)46(34(27)50)23-9-11-24(12-10-23)48(54)55/h1-14,16-17,27-28,30,32-33,45,49H,15,18H2/t27-,28+,30-,32-,33+,38+/m0/s1. The van der Waals surface area contributed by atoms with Crippen LogP contribution in [-0.2, 0) is 24.6 Å². The monoisotopic (exact) mass is 790 g/mol. The van der Waals surface area contributed by atoms with E-state index in [1.54, 1.807) is 6.08 Å². The predicted octanol–water partition coefficient (Wildman–Crippen LogP) is 7.18. The van der Waals surface area contributed by atoms with Crippen LogP contribution in [0.2, 0.25) is 5.02 Å². The summed E-state index contributed by atoms with van der Waals surface area (Å²) in [6.07, 6.45) is -3.80. The first-order chi connectivity index (χ1) is 26.6. The lowest BCUT2D eigenvalue weighted by molar-refractivity contribution is -0.384. The van der Waals surface area contributed by atoms with Crippen molar-refractivity contribution in [2.75, 3.05) is 10.3 Å². The van der Waals surface area contributed by atoms with Crippen molar-refractivity contribution in [2.24, 2.45) is 23.7 Å². The van der Waals surface area contributed by atoms with Gasteiger partial charge in [0.25, 0.3) is 17.5 Å². The zero-order valence-corrected chi connectivity index (χ0v) is 29.3. The number of hydrogen-bond donors (Lipinski definition) is 2. The highest BCUT2D eigenvalue weighted by molar-refractivity contribution is 6.30. The van der Waals surface area contributed by atoms with Crippen molar-refractivity contribution in [1.82, 2.24) is 5.01 Å². The summed E-state index contributed by atoms with van der Waals surface area (Å²) >= 11 is 6.27. The number of nitrogens with one attached hydrogen (secondary N) is 1. The number of anilines is 2. The molecular formula is C39H27ClF4N4O8. The number of imide groups is 2. The number of fused-ring (bicyclic) bond motifs is 4. The molecule has 2 aliphatic carbocycles. The molecule has 2 aliphatic heterocycles. The molecule has 4 aliphatic rings. The third kappa shape index (κ3) is 5.74. The number of nitro benzene ring substituents is 1. The number of non-ortho nitro benzene ring substituents is 1. The minimum Gasteiger partial charge on any atom is -0.508 e. The Kier molecular flexibility index (Phi) is 8.63. The number of allylic oxidation sites excluding steroid dienone is 2. The first-order valence-electron chi connectivity index (χ1n) is 17.2. The van der Waals surface area contributed by atoms with Gasteiger partial charge in [0.1, 0.15) is 17.3 Å². The van der Waals surface area contributed by atoms with Gasteiger partial charge in [0.05, 0.1) is 39.5 Å². The lowest BCUT2D eigenvalue weighted by atomic mass is 9.49. The topological polar surface area (TPSA) is 159 Å². The number of benzene rings is 4. The number of phenols is 1. The molecule has 56 heavy (non-hydrogen) atoms. The van der Waals surface area contributed by atoms with E-state index in [1.165, 1.54) is 48.5 Å². The number of halogens is 5. The Bertz CT molecular complexity index is 2360. The molecule has 8 rings (SSSR count). The van der Waals surface area contributed by atoms with Gasteiger partial charge in [-0.25, -0.2) is 4.39 Å². The molecule has 6 atom stereocenters. The van der Waals surface area contributed by atoms with E-state index in [1.807, 2.05) is 0 Å². The lowest BCUT2D eigenvalue weighted by Gasteiger charge is -2.50. The summed E-state index contributed by atoms with van der Waals surface area (Å²) in [5, 5.41) is 23.8. The van der Waals surface area contributed by atoms with Gasteiger partial charge >= 0.3 is 6.36 Å². The van der Waals surface area contributed by atoms with Crippen molar-refractivity contribution < 1.29 is 51.5 Å². The van der Waals surface area contributed by atoms with Gasteiger partial charge in [0.2, 0.25) is 11.8 Å². The fraction of sp³-hybridized carbons (Fsp3) is 0.231. The van der Waals surface area contributed by atoms with E-state index in [4.69, 9.17) is 11.6 Å². The average molecular weight is 791 g/mol. The summed E-state index contributed by atoms with van der Waals surface area (Å²) in [6, 6.07) is 18.3. The highest BCUT2D eigenvalue weighted by atomic mass is 35.5. The number of hydrazine groups is 1. The number of carbonyl (C=O) groups excluding carboxylic acids is 4. The van der Waals surface area contributed by atoms with Crippen LogP contribution in [0.5, 0.6) is 11.5 Å². The minimum atomic E-state index is -5.15. The van der Waals surface area contributed by atoms with E-state index >= 15 is 4.79 Å². The van der Waals surface area contributed by atoms with Gasteiger partial charge in [-0.2, -0.15) is 5.01 Å². The number of rotatable bonds is 7. The molecule has 1 saturated carbocycles. The molecule has 17 heteroatoms. The van der Waals surface area contributed by atoms with Crippen molar-refractivity contribution in [1.29, 1.82) is 0 Å². The van der Waals surface area contributed by atoms with Crippen LogP contribution in [0.4, 0.5) is 34.6 Å². The molecule has 4 aromatic carbocycles. The highest BCUT2D eigenvalue weighted by Gasteiger charge is 2.70. The maximum absolute atomic E-state index is 15.2. The number of hydrogen-bond acceptors (Lipinski definition) is 9. The van der Waals surface area contributed by atoms with Gasteiger partial charge < -0.3 is 9.84 Å². The number of ether oxygens (including phenoxy) is 1. The minimum absolute atomic E-state index is 0.0679. The number of alkyl halides is 3. The van der Waals surface area contributed by atoms with Gasteiger partial charge in [0, 0.05) is 28.6 Å². The molecular weight excluding hydrogens is 764 g/mol. The smallest absolute Gasteiger partial charge is 0.508 e. The Balaban J connectivity index is 1.33. The van der Waals surface area contributed by atoms with Crippen molar-refractivity contribution in [3.05, 3.63) is 135 Å². The van der Waals surface area contributed by atoms with E-state index in [9.17, 15) is 47.2 Å². The zero-order valence-electron chi connectivity index (χ0n) is 28.6. The predicted molar refractivity (Wildman–Crippen MR) is 189 cm³/mol. The van der Waals surface area contributed by atoms with E-state index in [-0.39, 0.29) is 46.1 Å². The van der Waals surface area contributed by atoms with Crippen LogP contribution in [-0.4, -0.2) is 45.0 Å². The second-order valence-corrected chi connectivity index (χ2v) is 14.4. The Morgan fingerprint density at radius 1 is 0.893 bits per heavy atom. The average Bonchev–Trinajstić information content (AvgIpc) is 3.53. The van der Waals surface area contributed by atoms with Gasteiger partial charge in [-0.1, -0.05) is 35.4 Å². The van der Waals surface area contributed by atoms with Gasteiger partial charge in [0.15, 0.2) is 0 Å². The van der Waals surface area contributed by atoms with E-state index in [2.05, 4.69) is 10.2 Å². The first-order valence-corrected chi connectivity index (χ1v) is 17.6. The summed E-state index contributed by atoms with van der Waals surface area (Å²) in [5.74, 6) is -10.7. The molecule has 0 spiro atoms. The van der Waals surface area contributed by atoms with Crippen LogP contribution in [0.1, 0.15) is 29.9 Å². The van der Waals surface area contributed by atoms with Crippen LogP contribution in [0.25, 0.3) is 0 Å². The third-order valence-corrected chi connectivity index (χ3v) is 11.4. The quantitative estimate of drug-likeness (QED) is 0.0650. The van der Waals surface area contributed by atoms with Gasteiger partial charge in [-0.3, -0.25) is 39.6 Å². The van der Waals surface area contributed by atoms with Crippen molar-refractivity contribution in [2.45, 2.75) is 30.5 Å². The second-order valence-electron chi connectivity index (χ2n) is 13.9. The third-order valence-electron chi connectivity index (χ3n) is 11.1. The first kappa shape index (κ1) is 36.7. The van der Waals surface area contributed by atoms with Crippen molar-refractivity contribution in [3.63, 3.8) is 0 Å². The molecule has 0 unspecified atom stereocenters. The Morgan fingerprint density at radius 3 is 2.21 bits per heavy atom. The van der Waals surface area contributed by atoms with Crippen LogP contribution >= 0.6 is 11.6 Å². The number of amides is 4. The summed E-state index contributed by atoms with van der Waals surface area (Å²) in [6.45, 7) is 0. The highest BCUT2D eigenvalue weighted by Crippen LogP contribution is 2.65. The van der Waals surface area contributed by atoms with Crippen LogP contribution in [0.15, 0.2) is 103 Å². The largest absolute Gasteiger partial charge is 0.573 e. The molecule has 4 aromatic rings. The molecule has 4 amide bonds. The van der Waals surface area contributed by atoms with Crippen molar-refractivity contribution in [3.8, 4) is 11.5 Å². The maximum atomic E-state index is 15.2. The lowest BCUT2D eigenvalue weighted by Crippen LogP contribution is -2.53. The number of aromatic hydroxyl groups is 1. The second kappa shape index (κ2) is 13.2. The fourth-order valence-corrected chi connectivity index (χ4v) is 9.06. The number of carbonyl (C=O) groups is 4. The molecule has 2 N–H and O–H groups in total. The van der Waals surface area contributed by atoms with Gasteiger partial charge in [-0.15, -0.1) is 13.2 Å². The summed E-state index contributed by atoms with van der Waals surface area (Å²) in [7, 11) is 0. The normalized spacial score (nSPS) is 25.7. The van der Waals surface area contributed by atoms with Gasteiger partial charge in [-0.05, 0) is 91.1 Å².